The van der Waals surface area contributed by atoms with Crippen LogP contribution < -0.4 is 20.7 Å². The highest BCUT2D eigenvalue weighted by molar-refractivity contribution is 7.22. The van der Waals surface area contributed by atoms with E-state index in [1.807, 2.05) is 7.05 Å². The molecule has 1 atom stereocenters. The predicted molar refractivity (Wildman–Crippen MR) is 148 cm³/mol. The fourth-order valence-corrected chi connectivity index (χ4v) is 6.31. The number of nitrogens with one attached hydrogen (secondary N) is 1. The second-order valence-electron chi connectivity index (χ2n) is 9.81. The van der Waals surface area contributed by atoms with Crippen molar-refractivity contribution in [1.29, 1.82) is 0 Å². The molecule has 204 valence electrons. The van der Waals surface area contributed by atoms with Crippen molar-refractivity contribution in [3.05, 3.63) is 34.9 Å². The van der Waals surface area contributed by atoms with E-state index < -0.39 is 11.6 Å². The molecule has 2 saturated heterocycles. The van der Waals surface area contributed by atoms with Gasteiger partial charge in [-0.1, -0.05) is 22.9 Å². The molecule has 0 spiro atoms. The number of carbonyl (C=O) groups excluding carboxylic acids is 1. The molecule has 2 aromatic heterocycles. The third-order valence-corrected chi connectivity index (χ3v) is 8.45. The molecule has 39 heavy (non-hydrogen) atoms. The summed E-state index contributed by atoms with van der Waals surface area (Å²) in [6.45, 7) is 2.43. The quantitative estimate of drug-likeness (QED) is 0.365. The minimum Gasteiger partial charge on any atom is -0.462 e. The number of amides is 1. The van der Waals surface area contributed by atoms with E-state index in [1.54, 1.807) is 11.0 Å². The van der Waals surface area contributed by atoms with Gasteiger partial charge in [-0.2, -0.15) is 9.97 Å². The largest absolute Gasteiger partial charge is 0.462 e. The Morgan fingerprint density at radius 2 is 2.05 bits per heavy atom. The lowest BCUT2D eigenvalue weighted by molar-refractivity contribution is -0.119. The Balaban J connectivity index is 1.52. The molecule has 0 saturated carbocycles. The fourth-order valence-electron chi connectivity index (χ4n) is 5.25. The van der Waals surface area contributed by atoms with E-state index >= 15 is 4.39 Å². The van der Waals surface area contributed by atoms with Crippen molar-refractivity contribution in [3.8, 4) is 17.1 Å². The van der Waals surface area contributed by atoms with Crippen LogP contribution in [0.3, 0.4) is 0 Å². The summed E-state index contributed by atoms with van der Waals surface area (Å²) in [7, 11) is 2.03. The minimum absolute atomic E-state index is 0.0109. The zero-order valence-corrected chi connectivity index (χ0v) is 22.7. The van der Waals surface area contributed by atoms with E-state index in [2.05, 4.69) is 25.2 Å². The zero-order chi connectivity index (χ0) is 27.3. The van der Waals surface area contributed by atoms with Gasteiger partial charge in [0.2, 0.25) is 5.91 Å². The van der Waals surface area contributed by atoms with Gasteiger partial charge in [0, 0.05) is 35.6 Å². The molecule has 0 unspecified atom stereocenters. The van der Waals surface area contributed by atoms with E-state index in [4.69, 9.17) is 22.1 Å². The highest BCUT2D eigenvalue weighted by atomic mass is 35.5. The first-order valence-electron chi connectivity index (χ1n) is 12.7. The molecule has 4 aromatic rings. The number of halogens is 3. The molecule has 2 aliphatic heterocycles. The standard InChI is InChI=1S/C26H26ClF2N7O2S/c1-35-8-2-4-13(35)12-38-26-33-21-15(24(34-26)36-9-3-7-31-18(37)11-36)10-16(27)19(20(21)29)14-5-6-17(28)23-22(14)32-25(30)39-23/h5-6,10,13H,2-4,7-9,11-12H2,1H3,(H2,30,32)(H,31,37)/t13-/m0/s1. The molecule has 2 aliphatic rings. The van der Waals surface area contributed by atoms with Gasteiger partial charge in [0.25, 0.3) is 0 Å². The second kappa shape index (κ2) is 10.3. The molecular formula is C26H26ClF2N7O2S. The topological polar surface area (TPSA) is 110 Å². The van der Waals surface area contributed by atoms with E-state index in [-0.39, 0.29) is 56.0 Å². The van der Waals surface area contributed by atoms with Crippen LogP contribution in [0.15, 0.2) is 18.2 Å². The Labute approximate surface area is 231 Å². The molecule has 2 aromatic carbocycles. The molecule has 4 heterocycles. The Morgan fingerprint density at radius 1 is 1.21 bits per heavy atom. The first kappa shape index (κ1) is 25.9. The molecule has 3 N–H and O–H groups in total. The third-order valence-electron chi connectivity index (χ3n) is 7.26. The SMILES string of the molecule is CN1CCC[C@H]1COc1nc(N2CCCNC(=O)C2)c2cc(Cl)c(-c3ccc(F)c4sc(N)nc34)c(F)c2n1. The number of ether oxygens (including phenoxy) is 1. The lowest BCUT2D eigenvalue weighted by Gasteiger charge is -2.24. The van der Waals surface area contributed by atoms with Gasteiger partial charge in [-0.05, 0) is 51.1 Å². The number of rotatable bonds is 5. The second-order valence-corrected chi connectivity index (χ2v) is 11.2. The number of fused-ring (bicyclic) bond motifs is 2. The Morgan fingerprint density at radius 3 is 2.85 bits per heavy atom. The van der Waals surface area contributed by atoms with Crippen LogP contribution >= 0.6 is 22.9 Å². The molecule has 1 amide bonds. The van der Waals surface area contributed by atoms with Gasteiger partial charge in [-0.15, -0.1) is 0 Å². The molecule has 9 nitrogen and oxygen atoms in total. The predicted octanol–water partition coefficient (Wildman–Crippen LogP) is 4.22. The number of nitrogens with two attached hydrogens (primary N) is 1. The van der Waals surface area contributed by atoms with Crippen LogP contribution in [0, 0.1) is 11.6 Å². The number of aromatic nitrogens is 3. The number of hydrogen-bond donors (Lipinski definition) is 2. The average molecular weight is 574 g/mol. The average Bonchev–Trinajstić information content (AvgIpc) is 3.43. The number of anilines is 2. The van der Waals surface area contributed by atoms with Crippen LogP contribution in [0.2, 0.25) is 5.02 Å². The van der Waals surface area contributed by atoms with Gasteiger partial charge < -0.3 is 25.6 Å². The number of nitrogens with zero attached hydrogens (tertiary/aromatic N) is 5. The number of nitrogen functional groups attached to an aromatic ring is 1. The van der Waals surface area contributed by atoms with E-state index in [1.165, 1.54) is 12.1 Å². The van der Waals surface area contributed by atoms with Crippen LogP contribution in [0.4, 0.5) is 19.7 Å². The van der Waals surface area contributed by atoms with Crippen molar-refractivity contribution in [2.75, 3.05) is 50.5 Å². The molecule has 13 heteroatoms. The van der Waals surface area contributed by atoms with Crippen LogP contribution in [0.5, 0.6) is 6.01 Å². The van der Waals surface area contributed by atoms with Gasteiger partial charge in [-0.3, -0.25) is 4.79 Å². The fraction of sp³-hybridized carbons (Fsp3) is 0.385. The van der Waals surface area contributed by atoms with Gasteiger partial charge in [-0.25, -0.2) is 13.8 Å². The molecule has 2 fully saturated rings. The first-order chi connectivity index (χ1) is 18.8. The van der Waals surface area contributed by atoms with Crippen molar-refractivity contribution in [3.63, 3.8) is 0 Å². The highest BCUT2D eigenvalue weighted by Gasteiger charge is 2.27. The number of likely N-dealkylation sites (N-methyl/N-ethyl adjacent to an activating group) is 1. The summed E-state index contributed by atoms with van der Waals surface area (Å²) in [6.07, 6.45) is 2.74. The van der Waals surface area contributed by atoms with Crippen molar-refractivity contribution in [1.82, 2.24) is 25.2 Å². The summed E-state index contributed by atoms with van der Waals surface area (Å²) in [5, 5.41) is 3.42. The number of hydrogen-bond acceptors (Lipinski definition) is 9. The van der Waals surface area contributed by atoms with Crippen LogP contribution in [0.1, 0.15) is 19.3 Å². The summed E-state index contributed by atoms with van der Waals surface area (Å²) in [6, 6.07) is 4.46. The van der Waals surface area contributed by atoms with Crippen molar-refractivity contribution >= 4 is 60.9 Å². The van der Waals surface area contributed by atoms with Crippen molar-refractivity contribution in [2.24, 2.45) is 0 Å². The van der Waals surface area contributed by atoms with E-state index in [0.717, 1.165) is 30.7 Å². The zero-order valence-electron chi connectivity index (χ0n) is 21.1. The Bertz CT molecular complexity index is 1600. The van der Waals surface area contributed by atoms with E-state index in [9.17, 15) is 9.18 Å². The van der Waals surface area contributed by atoms with Crippen LogP contribution in [0.25, 0.3) is 32.2 Å². The number of carbonyl (C=O) groups is 1. The maximum Gasteiger partial charge on any atom is 0.319 e. The summed E-state index contributed by atoms with van der Waals surface area (Å²) in [5.41, 5.74) is 6.38. The van der Waals surface area contributed by atoms with E-state index in [0.29, 0.717) is 42.9 Å². The molecule has 0 radical (unpaired) electrons. The minimum atomic E-state index is -0.720. The molecule has 6 rings (SSSR count). The smallest absolute Gasteiger partial charge is 0.319 e. The molecular weight excluding hydrogens is 548 g/mol. The molecule has 0 bridgehead atoms. The normalized spacial score (nSPS) is 18.6. The summed E-state index contributed by atoms with van der Waals surface area (Å²) < 4.78 is 37.2. The Kier molecular flexibility index (Phi) is 6.86. The van der Waals surface area contributed by atoms with Crippen LogP contribution in [-0.4, -0.2) is 71.6 Å². The number of benzene rings is 2. The summed E-state index contributed by atoms with van der Waals surface area (Å²) in [5.74, 6) is -1.02. The van der Waals surface area contributed by atoms with Gasteiger partial charge in [0.15, 0.2) is 10.9 Å². The first-order valence-corrected chi connectivity index (χ1v) is 13.9. The Hall–Kier alpha value is -3.35. The van der Waals surface area contributed by atoms with Crippen LogP contribution in [-0.2, 0) is 4.79 Å². The lowest BCUT2D eigenvalue weighted by Crippen LogP contribution is -2.34. The summed E-state index contributed by atoms with van der Waals surface area (Å²) in [4.78, 5) is 29.7. The maximum atomic E-state index is 16.5. The third kappa shape index (κ3) is 4.81. The van der Waals surface area contributed by atoms with Crippen molar-refractivity contribution < 1.29 is 18.3 Å². The van der Waals surface area contributed by atoms with Gasteiger partial charge in [0.05, 0.1) is 21.8 Å². The lowest BCUT2D eigenvalue weighted by atomic mass is 10.0. The maximum absolute atomic E-state index is 16.5. The van der Waals surface area contributed by atoms with Crippen molar-refractivity contribution in [2.45, 2.75) is 25.3 Å². The number of likely N-dealkylation sites (tertiary alicyclic amines) is 1. The monoisotopic (exact) mass is 573 g/mol. The number of thiazole rings is 1. The molecule has 0 aliphatic carbocycles. The highest BCUT2D eigenvalue weighted by Crippen LogP contribution is 2.42. The van der Waals surface area contributed by atoms with Gasteiger partial charge in [0.1, 0.15) is 23.8 Å². The van der Waals surface area contributed by atoms with Gasteiger partial charge >= 0.3 is 6.01 Å². The summed E-state index contributed by atoms with van der Waals surface area (Å²) >= 11 is 7.66.